The molecule has 0 heterocycles. The van der Waals surface area contributed by atoms with Crippen LogP contribution in [-0.2, 0) is 4.74 Å². The van der Waals surface area contributed by atoms with Gasteiger partial charge >= 0.3 is 0 Å². The molecule has 0 aromatic heterocycles. The highest BCUT2D eigenvalue weighted by Crippen LogP contribution is 2.20. The molecule has 0 fully saturated rings. The number of nitrogens with two attached hydrogens (primary N) is 1. The van der Waals surface area contributed by atoms with Crippen molar-refractivity contribution in [3.8, 4) is 5.75 Å². The Labute approximate surface area is 123 Å². The van der Waals surface area contributed by atoms with Crippen molar-refractivity contribution >= 4 is 0 Å². The van der Waals surface area contributed by atoms with Crippen LogP contribution in [0.1, 0.15) is 57.6 Å². The molecular formula is C17H29NO2. The zero-order chi connectivity index (χ0) is 14.8. The van der Waals surface area contributed by atoms with Gasteiger partial charge in [0.05, 0.1) is 19.3 Å². The van der Waals surface area contributed by atoms with E-state index >= 15 is 0 Å². The minimum absolute atomic E-state index is 0.0366. The lowest BCUT2D eigenvalue weighted by molar-refractivity contribution is 0.0454. The van der Waals surface area contributed by atoms with E-state index in [2.05, 4.69) is 6.92 Å². The summed E-state index contributed by atoms with van der Waals surface area (Å²) in [4.78, 5) is 0. The van der Waals surface area contributed by atoms with Gasteiger partial charge in [0.25, 0.3) is 0 Å². The summed E-state index contributed by atoms with van der Waals surface area (Å²) < 4.78 is 11.0. The number of methoxy groups -OCH3 is 1. The van der Waals surface area contributed by atoms with E-state index in [0.29, 0.717) is 0 Å². The van der Waals surface area contributed by atoms with Crippen LogP contribution in [0.5, 0.6) is 5.75 Å². The molecule has 2 atom stereocenters. The second-order valence-corrected chi connectivity index (χ2v) is 5.29. The van der Waals surface area contributed by atoms with Gasteiger partial charge in [0.15, 0.2) is 0 Å². The van der Waals surface area contributed by atoms with Crippen molar-refractivity contribution in [3.63, 3.8) is 0 Å². The maximum absolute atomic E-state index is 6.23. The third kappa shape index (κ3) is 5.93. The van der Waals surface area contributed by atoms with E-state index < -0.39 is 0 Å². The van der Waals surface area contributed by atoms with E-state index in [1.807, 2.05) is 31.2 Å². The SMILES string of the molecule is CCCCCCCOC(C)C(N)c1ccc(OC)cc1. The van der Waals surface area contributed by atoms with Crippen LogP contribution in [0, 0.1) is 0 Å². The Balaban J connectivity index is 2.28. The van der Waals surface area contributed by atoms with Crippen molar-refractivity contribution in [2.75, 3.05) is 13.7 Å². The average molecular weight is 279 g/mol. The zero-order valence-corrected chi connectivity index (χ0v) is 13.1. The Hall–Kier alpha value is -1.06. The van der Waals surface area contributed by atoms with Crippen LogP contribution >= 0.6 is 0 Å². The predicted octanol–water partition coefficient (Wildman–Crippen LogP) is 4.07. The van der Waals surface area contributed by atoms with Crippen LogP contribution < -0.4 is 10.5 Å². The standard InChI is InChI=1S/C17H29NO2/c1-4-5-6-7-8-13-20-14(2)17(18)15-9-11-16(19-3)12-10-15/h9-12,14,17H,4-8,13,18H2,1-3H3. The molecule has 0 aliphatic rings. The molecule has 114 valence electrons. The molecule has 1 aromatic rings. The fourth-order valence-electron chi connectivity index (χ4n) is 2.18. The molecule has 0 saturated heterocycles. The van der Waals surface area contributed by atoms with Gasteiger partial charge < -0.3 is 15.2 Å². The smallest absolute Gasteiger partial charge is 0.118 e. The van der Waals surface area contributed by atoms with E-state index in [9.17, 15) is 0 Å². The highest BCUT2D eigenvalue weighted by Gasteiger charge is 2.15. The molecule has 3 nitrogen and oxygen atoms in total. The largest absolute Gasteiger partial charge is 0.497 e. The van der Waals surface area contributed by atoms with E-state index in [1.54, 1.807) is 7.11 Å². The lowest BCUT2D eigenvalue weighted by Crippen LogP contribution is -2.26. The first-order valence-electron chi connectivity index (χ1n) is 7.70. The first-order chi connectivity index (χ1) is 9.69. The van der Waals surface area contributed by atoms with Gasteiger partial charge in [-0.1, -0.05) is 44.7 Å². The fraction of sp³-hybridized carbons (Fsp3) is 0.647. The highest BCUT2D eigenvalue weighted by atomic mass is 16.5. The maximum atomic E-state index is 6.23. The quantitative estimate of drug-likeness (QED) is 0.657. The molecule has 2 unspecified atom stereocenters. The van der Waals surface area contributed by atoms with Crippen molar-refractivity contribution < 1.29 is 9.47 Å². The summed E-state index contributed by atoms with van der Waals surface area (Å²) in [7, 11) is 1.67. The Morgan fingerprint density at radius 2 is 1.70 bits per heavy atom. The highest BCUT2D eigenvalue weighted by molar-refractivity contribution is 5.29. The summed E-state index contributed by atoms with van der Waals surface area (Å²) in [5.74, 6) is 0.852. The first kappa shape index (κ1) is 17.0. The van der Waals surface area contributed by atoms with Crippen molar-refractivity contribution in [2.45, 2.75) is 58.1 Å². The Morgan fingerprint density at radius 1 is 1.05 bits per heavy atom. The molecule has 0 aliphatic heterocycles. The minimum Gasteiger partial charge on any atom is -0.497 e. The molecule has 0 aliphatic carbocycles. The van der Waals surface area contributed by atoms with Crippen molar-refractivity contribution in [1.29, 1.82) is 0 Å². The third-order valence-corrected chi connectivity index (χ3v) is 3.64. The van der Waals surface area contributed by atoms with Gasteiger partial charge in [0.2, 0.25) is 0 Å². The van der Waals surface area contributed by atoms with Gasteiger partial charge in [-0.2, -0.15) is 0 Å². The minimum atomic E-state index is -0.0865. The summed E-state index contributed by atoms with van der Waals surface area (Å²) in [5.41, 5.74) is 7.31. The van der Waals surface area contributed by atoms with Crippen molar-refractivity contribution in [1.82, 2.24) is 0 Å². The number of hydrogen-bond donors (Lipinski definition) is 1. The molecule has 0 spiro atoms. The summed E-state index contributed by atoms with van der Waals surface area (Å²) in [5, 5.41) is 0. The first-order valence-corrected chi connectivity index (χ1v) is 7.70. The predicted molar refractivity (Wildman–Crippen MR) is 84.1 cm³/mol. The number of ether oxygens (including phenoxy) is 2. The number of benzene rings is 1. The second-order valence-electron chi connectivity index (χ2n) is 5.29. The van der Waals surface area contributed by atoms with E-state index in [4.69, 9.17) is 15.2 Å². The summed E-state index contributed by atoms with van der Waals surface area (Å²) in [6.45, 7) is 5.07. The van der Waals surface area contributed by atoms with Crippen LogP contribution in [0.4, 0.5) is 0 Å². The van der Waals surface area contributed by atoms with Gasteiger partial charge in [-0.3, -0.25) is 0 Å². The van der Waals surface area contributed by atoms with E-state index in [-0.39, 0.29) is 12.1 Å². The fourth-order valence-corrected chi connectivity index (χ4v) is 2.18. The van der Waals surface area contributed by atoms with Gasteiger partial charge in [0, 0.05) is 6.61 Å². The number of unbranched alkanes of at least 4 members (excludes halogenated alkanes) is 4. The van der Waals surface area contributed by atoms with Crippen LogP contribution in [0.2, 0.25) is 0 Å². The molecule has 2 N–H and O–H groups in total. The van der Waals surface area contributed by atoms with E-state index in [1.165, 1.54) is 25.7 Å². The average Bonchev–Trinajstić information content (AvgIpc) is 2.50. The molecular weight excluding hydrogens is 250 g/mol. The molecule has 0 bridgehead atoms. The Bertz CT molecular complexity index is 351. The zero-order valence-electron chi connectivity index (χ0n) is 13.1. The molecule has 0 amide bonds. The van der Waals surface area contributed by atoms with Crippen LogP contribution in [0.3, 0.4) is 0 Å². The van der Waals surface area contributed by atoms with Crippen molar-refractivity contribution in [2.24, 2.45) is 5.73 Å². The van der Waals surface area contributed by atoms with Crippen molar-refractivity contribution in [3.05, 3.63) is 29.8 Å². The summed E-state index contributed by atoms with van der Waals surface area (Å²) in [6.07, 6.45) is 6.31. The number of rotatable bonds is 10. The Morgan fingerprint density at radius 3 is 2.30 bits per heavy atom. The molecule has 0 saturated carbocycles. The summed E-state index contributed by atoms with van der Waals surface area (Å²) >= 11 is 0. The third-order valence-electron chi connectivity index (χ3n) is 3.64. The molecule has 20 heavy (non-hydrogen) atoms. The molecule has 3 heteroatoms. The van der Waals surface area contributed by atoms with E-state index in [0.717, 1.165) is 24.3 Å². The number of hydrogen-bond acceptors (Lipinski definition) is 3. The van der Waals surface area contributed by atoms with Gasteiger partial charge in [0.1, 0.15) is 5.75 Å². The van der Waals surface area contributed by atoms with Crippen LogP contribution in [0.25, 0.3) is 0 Å². The lowest BCUT2D eigenvalue weighted by Gasteiger charge is -2.21. The van der Waals surface area contributed by atoms with Gasteiger partial charge in [-0.05, 0) is 31.0 Å². The Kier molecular flexibility index (Phi) is 8.31. The van der Waals surface area contributed by atoms with Gasteiger partial charge in [-0.15, -0.1) is 0 Å². The van der Waals surface area contributed by atoms with Gasteiger partial charge in [-0.25, -0.2) is 0 Å². The molecule has 0 radical (unpaired) electrons. The van der Waals surface area contributed by atoms with Crippen LogP contribution in [0.15, 0.2) is 24.3 Å². The molecule has 1 rings (SSSR count). The second kappa shape index (κ2) is 9.78. The summed E-state index contributed by atoms with van der Waals surface area (Å²) in [6, 6.07) is 7.80. The normalized spacial score (nSPS) is 14.0. The van der Waals surface area contributed by atoms with Crippen LogP contribution in [-0.4, -0.2) is 19.8 Å². The molecule has 1 aromatic carbocycles. The monoisotopic (exact) mass is 279 g/mol. The maximum Gasteiger partial charge on any atom is 0.118 e. The topological polar surface area (TPSA) is 44.5 Å². The lowest BCUT2D eigenvalue weighted by atomic mass is 10.0.